The number of aromatic nitrogens is 1. The zero-order valence-corrected chi connectivity index (χ0v) is 15.4. The lowest BCUT2D eigenvalue weighted by Crippen LogP contribution is -2.22. The van der Waals surface area contributed by atoms with Crippen LogP contribution in [0.25, 0.3) is 0 Å². The van der Waals surface area contributed by atoms with Gasteiger partial charge in [0.25, 0.3) is 11.8 Å². The summed E-state index contributed by atoms with van der Waals surface area (Å²) < 4.78 is 0. The maximum absolute atomic E-state index is 12.4. The Bertz CT molecular complexity index is 935. The second kappa shape index (κ2) is 7.93. The summed E-state index contributed by atoms with van der Waals surface area (Å²) in [6.07, 6.45) is 0. The number of rotatable bonds is 5. The molecule has 1 aromatic heterocycles. The van der Waals surface area contributed by atoms with Crippen molar-refractivity contribution in [1.29, 1.82) is 0 Å². The van der Waals surface area contributed by atoms with E-state index in [0.29, 0.717) is 27.8 Å². The zero-order chi connectivity index (χ0) is 18.5. The molecule has 2 aromatic carbocycles. The van der Waals surface area contributed by atoms with Crippen molar-refractivity contribution < 1.29 is 9.59 Å². The quantitative estimate of drug-likeness (QED) is 0.719. The number of hydrogen-bond acceptors (Lipinski definition) is 4. The molecule has 0 saturated heterocycles. The minimum Gasteiger partial charge on any atom is -0.347 e. The van der Waals surface area contributed by atoms with Crippen molar-refractivity contribution in [2.45, 2.75) is 20.4 Å². The molecule has 0 spiro atoms. The largest absolute Gasteiger partial charge is 0.347 e. The summed E-state index contributed by atoms with van der Waals surface area (Å²) in [5, 5.41) is 6.08. The van der Waals surface area contributed by atoms with Crippen molar-refractivity contribution in [3.05, 3.63) is 81.9 Å². The molecular formula is C20H19N3O2S. The van der Waals surface area contributed by atoms with Gasteiger partial charge in [0.15, 0.2) is 5.13 Å². The molecule has 6 heteroatoms. The molecule has 0 saturated carbocycles. The van der Waals surface area contributed by atoms with Crippen LogP contribution in [0.2, 0.25) is 0 Å². The number of nitrogens with one attached hydrogen (secondary N) is 2. The van der Waals surface area contributed by atoms with Crippen LogP contribution in [0, 0.1) is 13.8 Å². The predicted octanol–water partition coefficient (Wildman–Crippen LogP) is 3.94. The van der Waals surface area contributed by atoms with E-state index < -0.39 is 0 Å². The number of carbonyl (C=O) groups excluding carboxylic acids is 2. The van der Waals surface area contributed by atoms with Gasteiger partial charge in [-0.25, -0.2) is 4.98 Å². The van der Waals surface area contributed by atoms with Gasteiger partial charge >= 0.3 is 0 Å². The van der Waals surface area contributed by atoms with E-state index in [4.69, 9.17) is 0 Å². The summed E-state index contributed by atoms with van der Waals surface area (Å²) in [6, 6.07) is 17.0. The second-order valence-electron chi connectivity index (χ2n) is 5.87. The molecule has 26 heavy (non-hydrogen) atoms. The summed E-state index contributed by atoms with van der Waals surface area (Å²) in [4.78, 5) is 29.6. The van der Waals surface area contributed by atoms with Crippen LogP contribution < -0.4 is 10.6 Å². The third kappa shape index (κ3) is 4.15. The molecule has 3 rings (SSSR count). The first-order valence-corrected chi connectivity index (χ1v) is 9.03. The maximum Gasteiger partial charge on any atom is 0.263 e. The van der Waals surface area contributed by atoms with Crippen molar-refractivity contribution in [1.82, 2.24) is 10.3 Å². The highest BCUT2D eigenvalue weighted by atomic mass is 32.1. The molecule has 3 aromatic rings. The monoisotopic (exact) mass is 365 g/mol. The Morgan fingerprint density at radius 1 is 0.962 bits per heavy atom. The molecular weight excluding hydrogens is 346 g/mol. The van der Waals surface area contributed by atoms with Crippen LogP contribution in [0.1, 0.15) is 36.9 Å². The molecule has 0 aliphatic carbocycles. The van der Waals surface area contributed by atoms with E-state index in [9.17, 15) is 9.59 Å². The third-order valence-corrected chi connectivity index (χ3v) is 4.98. The van der Waals surface area contributed by atoms with E-state index in [0.717, 1.165) is 11.1 Å². The molecule has 0 radical (unpaired) electrons. The van der Waals surface area contributed by atoms with Crippen LogP contribution in [0.3, 0.4) is 0 Å². The average molecular weight is 365 g/mol. The molecule has 132 valence electrons. The van der Waals surface area contributed by atoms with Gasteiger partial charge in [-0.05, 0) is 31.0 Å². The van der Waals surface area contributed by atoms with Gasteiger partial charge in [0, 0.05) is 12.1 Å². The zero-order valence-electron chi connectivity index (χ0n) is 14.6. The Morgan fingerprint density at radius 2 is 1.65 bits per heavy atom. The highest BCUT2D eigenvalue weighted by molar-refractivity contribution is 7.17. The van der Waals surface area contributed by atoms with Gasteiger partial charge in [-0.1, -0.05) is 59.9 Å². The molecule has 0 fully saturated rings. The Labute approximate surface area is 156 Å². The van der Waals surface area contributed by atoms with Gasteiger partial charge in [-0.2, -0.15) is 0 Å². The Kier molecular flexibility index (Phi) is 5.43. The van der Waals surface area contributed by atoms with Crippen LogP contribution in [-0.2, 0) is 6.54 Å². The van der Waals surface area contributed by atoms with Crippen LogP contribution in [-0.4, -0.2) is 16.8 Å². The van der Waals surface area contributed by atoms with Gasteiger partial charge in [-0.15, -0.1) is 0 Å². The first-order chi connectivity index (χ1) is 12.5. The molecule has 1 heterocycles. The lowest BCUT2D eigenvalue weighted by Gasteiger charge is -2.04. The van der Waals surface area contributed by atoms with Crippen molar-refractivity contribution in [3.63, 3.8) is 0 Å². The van der Waals surface area contributed by atoms with Crippen molar-refractivity contribution in [2.75, 3.05) is 5.32 Å². The van der Waals surface area contributed by atoms with Gasteiger partial charge in [0.1, 0.15) is 4.88 Å². The molecule has 5 nitrogen and oxygen atoms in total. The van der Waals surface area contributed by atoms with E-state index in [1.165, 1.54) is 11.3 Å². The SMILES string of the molecule is Cc1ccccc1C(=O)Nc1nc(C)c(C(=O)NCc2ccccc2)s1. The summed E-state index contributed by atoms with van der Waals surface area (Å²) in [5.74, 6) is -0.423. The molecule has 2 N–H and O–H groups in total. The smallest absolute Gasteiger partial charge is 0.263 e. The standard InChI is InChI=1S/C20H19N3O2S/c1-13-8-6-7-11-16(13)18(24)23-20-22-14(2)17(26-20)19(25)21-12-15-9-4-3-5-10-15/h3-11H,12H2,1-2H3,(H,21,25)(H,22,23,24). The molecule has 0 aliphatic heterocycles. The number of hydrogen-bond donors (Lipinski definition) is 2. The van der Waals surface area contributed by atoms with E-state index in [1.54, 1.807) is 13.0 Å². The lowest BCUT2D eigenvalue weighted by atomic mass is 10.1. The van der Waals surface area contributed by atoms with E-state index in [2.05, 4.69) is 15.6 Å². The van der Waals surface area contributed by atoms with Gasteiger partial charge < -0.3 is 5.32 Å². The minimum atomic E-state index is -0.229. The van der Waals surface area contributed by atoms with Crippen molar-refractivity contribution in [3.8, 4) is 0 Å². The Morgan fingerprint density at radius 3 is 2.38 bits per heavy atom. The molecule has 0 atom stereocenters. The first-order valence-electron chi connectivity index (χ1n) is 8.21. The summed E-state index contributed by atoms with van der Waals surface area (Å²) in [7, 11) is 0. The number of anilines is 1. The van der Waals surface area contributed by atoms with Crippen LogP contribution >= 0.6 is 11.3 Å². The maximum atomic E-state index is 12.4. The van der Waals surface area contributed by atoms with Crippen LogP contribution in [0.5, 0.6) is 0 Å². The summed E-state index contributed by atoms with van der Waals surface area (Å²) >= 11 is 1.18. The minimum absolute atomic E-state index is 0.194. The van der Waals surface area contributed by atoms with Crippen LogP contribution in [0.4, 0.5) is 5.13 Å². The first kappa shape index (κ1) is 17.8. The fourth-order valence-corrected chi connectivity index (χ4v) is 3.39. The third-order valence-electron chi connectivity index (χ3n) is 3.91. The Hall–Kier alpha value is -2.99. The summed E-state index contributed by atoms with van der Waals surface area (Å²) in [5.41, 5.74) is 3.10. The van der Waals surface area contributed by atoms with E-state index in [-0.39, 0.29) is 11.8 Å². The molecule has 2 amide bonds. The average Bonchev–Trinajstić information content (AvgIpc) is 3.01. The predicted molar refractivity (Wildman–Crippen MR) is 104 cm³/mol. The van der Waals surface area contributed by atoms with Gasteiger partial charge in [0.2, 0.25) is 0 Å². The topological polar surface area (TPSA) is 71.1 Å². The number of amides is 2. The number of nitrogens with zero attached hydrogens (tertiary/aromatic N) is 1. The number of thiazole rings is 1. The molecule has 0 aliphatic rings. The van der Waals surface area contributed by atoms with Crippen molar-refractivity contribution >= 4 is 28.3 Å². The van der Waals surface area contributed by atoms with E-state index >= 15 is 0 Å². The fraction of sp³-hybridized carbons (Fsp3) is 0.150. The highest BCUT2D eigenvalue weighted by Crippen LogP contribution is 2.23. The Balaban J connectivity index is 1.67. The van der Waals surface area contributed by atoms with Crippen LogP contribution in [0.15, 0.2) is 54.6 Å². The second-order valence-corrected chi connectivity index (χ2v) is 6.87. The van der Waals surface area contributed by atoms with Gasteiger partial charge in [0.05, 0.1) is 5.69 Å². The number of aryl methyl sites for hydroxylation is 2. The van der Waals surface area contributed by atoms with Crippen molar-refractivity contribution in [2.24, 2.45) is 0 Å². The number of carbonyl (C=O) groups is 2. The highest BCUT2D eigenvalue weighted by Gasteiger charge is 2.17. The van der Waals surface area contributed by atoms with E-state index in [1.807, 2.05) is 55.5 Å². The fourth-order valence-electron chi connectivity index (χ4n) is 2.51. The normalized spacial score (nSPS) is 10.4. The number of benzene rings is 2. The molecule has 0 unspecified atom stereocenters. The lowest BCUT2D eigenvalue weighted by molar-refractivity contribution is 0.0953. The van der Waals surface area contributed by atoms with Gasteiger partial charge in [-0.3, -0.25) is 14.9 Å². The molecule has 0 bridgehead atoms. The summed E-state index contributed by atoms with van der Waals surface area (Å²) in [6.45, 7) is 4.09.